The predicted molar refractivity (Wildman–Crippen MR) is 137 cm³/mol. The zero-order chi connectivity index (χ0) is 24.5. The Morgan fingerprint density at radius 2 is 1.86 bits per heavy atom. The molecule has 0 bridgehead atoms. The first-order chi connectivity index (χ1) is 16.9. The number of H-pyrrole nitrogens is 1. The Morgan fingerprint density at radius 3 is 2.57 bits per heavy atom. The van der Waals surface area contributed by atoms with Crippen LogP contribution in [-0.4, -0.2) is 38.7 Å². The van der Waals surface area contributed by atoms with Gasteiger partial charge in [-0.05, 0) is 43.9 Å². The number of nitrogens with one attached hydrogen (secondary N) is 2. The number of rotatable bonds is 5. The zero-order valence-electron chi connectivity index (χ0n) is 20.0. The van der Waals surface area contributed by atoms with E-state index in [1.807, 2.05) is 37.3 Å². The number of amides is 1. The normalized spacial score (nSPS) is 13.8. The lowest BCUT2D eigenvalue weighted by molar-refractivity contribution is -0.114. The summed E-state index contributed by atoms with van der Waals surface area (Å²) in [5.41, 5.74) is 5.71. The second kappa shape index (κ2) is 9.29. The Balaban J connectivity index is 1.63. The summed E-state index contributed by atoms with van der Waals surface area (Å²) in [6, 6.07) is 15.0. The summed E-state index contributed by atoms with van der Waals surface area (Å²) in [6.45, 7) is 5.12. The van der Waals surface area contributed by atoms with E-state index in [1.165, 1.54) is 19.4 Å². The van der Waals surface area contributed by atoms with Gasteiger partial charge in [0, 0.05) is 43.3 Å². The van der Waals surface area contributed by atoms with Gasteiger partial charge in [-0.25, -0.2) is 4.98 Å². The van der Waals surface area contributed by atoms with Crippen molar-refractivity contribution in [2.45, 2.75) is 39.5 Å². The average molecular weight is 472 g/mol. The first-order valence-electron chi connectivity index (χ1n) is 12.0. The molecule has 2 aromatic heterocycles. The molecule has 1 fully saturated rings. The Labute approximate surface area is 203 Å². The standard InChI is InChI=1S/C27H29N5O3/c1-17-21(15-19-11-12-23(34)22(16-19)29-18(2)33)27(35)32-26(28-17)25(31-13-7-4-8-14-31)24(30-32)20-9-5-3-6-10-20/h3,5-6,9-12,16,30,34H,4,7-8,13-15H2,1-2H3,(H,29,33). The molecular weight excluding hydrogens is 442 g/mol. The van der Waals surface area contributed by atoms with Crippen LogP contribution in [0.15, 0.2) is 53.3 Å². The Bertz CT molecular complexity index is 1450. The Kier molecular flexibility index (Phi) is 6.03. The van der Waals surface area contributed by atoms with Crippen molar-refractivity contribution in [1.82, 2.24) is 14.6 Å². The maximum atomic E-state index is 13.7. The van der Waals surface area contributed by atoms with E-state index in [1.54, 1.807) is 16.6 Å². The van der Waals surface area contributed by atoms with Gasteiger partial charge >= 0.3 is 0 Å². The molecule has 1 aliphatic rings. The topological polar surface area (TPSA) is 103 Å². The number of carbonyl (C=O) groups is 1. The molecule has 0 spiro atoms. The summed E-state index contributed by atoms with van der Waals surface area (Å²) in [5.74, 6) is -0.295. The number of phenols is 1. The van der Waals surface area contributed by atoms with Crippen LogP contribution < -0.4 is 15.8 Å². The lowest BCUT2D eigenvalue weighted by Gasteiger charge is -2.28. The number of piperidine rings is 1. The van der Waals surface area contributed by atoms with Gasteiger partial charge in [0.05, 0.1) is 11.4 Å². The molecule has 4 aromatic rings. The maximum absolute atomic E-state index is 13.7. The van der Waals surface area contributed by atoms with Crippen LogP contribution in [0.25, 0.3) is 16.9 Å². The Hall–Kier alpha value is -4.07. The van der Waals surface area contributed by atoms with Crippen LogP contribution in [0.3, 0.4) is 0 Å². The number of carbonyl (C=O) groups excluding carboxylic acids is 1. The summed E-state index contributed by atoms with van der Waals surface area (Å²) >= 11 is 0. The van der Waals surface area contributed by atoms with Crippen molar-refractivity contribution < 1.29 is 9.90 Å². The number of hydrogen-bond acceptors (Lipinski definition) is 5. The lowest BCUT2D eigenvalue weighted by Crippen LogP contribution is -2.30. The van der Waals surface area contributed by atoms with Crippen LogP contribution in [0.2, 0.25) is 0 Å². The van der Waals surface area contributed by atoms with E-state index < -0.39 is 0 Å². The minimum Gasteiger partial charge on any atom is -0.506 e. The van der Waals surface area contributed by atoms with Crippen molar-refractivity contribution in [1.29, 1.82) is 0 Å². The first-order valence-corrected chi connectivity index (χ1v) is 12.0. The maximum Gasteiger partial charge on any atom is 0.276 e. The molecule has 1 amide bonds. The number of nitrogens with zero attached hydrogens (tertiary/aromatic N) is 3. The molecule has 35 heavy (non-hydrogen) atoms. The summed E-state index contributed by atoms with van der Waals surface area (Å²) in [4.78, 5) is 32.4. The van der Waals surface area contributed by atoms with Crippen molar-refractivity contribution in [2.75, 3.05) is 23.3 Å². The third-order valence-electron chi connectivity index (χ3n) is 6.54. The van der Waals surface area contributed by atoms with Gasteiger partial charge in [0.25, 0.3) is 5.56 Å². The monoisotopic (exact) mass is 471 g/mol. The van der Waals surface area contributed by atoms with E-state index in [4.69, 9.17) is 4.98 Å². The predicted octanol–water partition coefficient (Wildman–Crippen LogP) is 4.24. The second-order valence-corrected chi connectivity index (χ2v) is 9.10. The second-order valence-electron chi connectivity index (χ2n) is 9.10. The molecule has 0 unspecified atom stereocenters. The summed E-state index contributed by atoms with van der Waals surface area (Å²) in [5, 5.41) is 16.0. The van der Waals surface area contributed by atoms with Gasteiger partial charge in [0.2, 0.25) is 5.91 Å². The number of phenolic OH excluding ortho intramolecular Hbond substituents is 1. The molecule has 8 nitrogen and oxygen atoms in total. The highest BCUT2D eigenvalue weighted by molar-refractivity contribution is 5.90. The van der Waals surface area contributed by atoms with Gasteiger partial charge in [0.1, 0.15) is 11.4 Å². The molecule has 0 radical (unpaired) electrons. The highest BCUT2D eigenvalue weighted by Gasteiger charge is 2.24. The Morgan fingerprint density at radius 1 is 1.11 bits per heavy atom. The van der Waals surface area contributed by atoms with Crippen LogP contribution in [-0.2, 0) is 11.2 Å². The summed E-state index contributed by atoms with van der Waals surface area (Å²) < 4.78 is 1.56. The summed E-state index contributed by atoms with van der Waals surface area (Å²) in [6.07, 6.45) is 3.77. The lowest BCUT2D eigenvalue weighted by atomic mass is 10.0. The van der Waals surface area contributed by atoms with Crippen molar-refractivity contribution in [2.24, 2.45) is 0 Å². The molecule has 2 aromatic carbocycles. The van der Waals surface area contributed by atoms with Crippen LogP contribution in [0.4, 0.5) is 11.4 Å². The fourth-order valence-electron chi connectivity index (χ4n) is 4.82. The van der Waals surface area contributed by atoms with Gasteiger partial charge in [-0.1, -0.05) is 36.4 Å². The van der Waals surface area contributed by atoms with Crippen LogP contribution in [0, 0.1) is 6.92 Å². The van der Waals surface area contributed by atoms with Crippen LogP contribution in [0.5, 0.6) is 5.75 Å². The van der Waals surface area contributed by atoms with E-state index in [0.717, 1.165) is 48.4 Å². The SMILES string of the molecule is CC(=O)Nc1cc(Cc2c(C)nc3c(N4CCCCC4)c(-c4ccccc4)[nH]n3c2=O)ccc1O. The fraction of sp³-hybridized carbons (Fsp3) is 0.296. The number of benzene rings is 2. The van der Waals surface area contributed by atoms with E-state index in [9.17, 15) is 14.7 Å². The number of aromatic amines is 1. The van der Waals surface area contributed by atoms with Crippen molar-refractivity contribution in [3.8, 4) is 17.0 Å². The number of aromatic nitrogens is 3. The van der Waals surface area contributed by atoms with Crippen LogP contribution >= 0.6 is 0 Å². The molecule has 5 rings (SSSR count). The average Bonchev–Trinajstić information content (AvgIpc) is 3.24. The van der Waals surface area contributed by atoms with Crippen molar-refractivity contribution >= 4 is 22.9 Å². The minimum absolute atomic E-state index is 0.0194. The molecule has 0 aliphatic carbocycles. The van der Waals surface area contributed by atoms with Gasteiger partial charge < -0.3 is 15.3 Å². The summed E-state index contributed by atoms with van der Waals surface area (Å²) in [7, 11) is 0. The van der Waals surface area contributed by atoms with Gasteiger partial charge in [-0.3, -0.25) is 14.7 Å². The number of aryl methyl sites for hydroxylation is 1. The van der Waals surface area contributed by atoms with Crippen molar-refractivity contribution in [3.05, 3.63) is 75.7 Å². The van der Waals surface area contributed by atoms with E-state index in [-0.39, 0.29) is 17.2 Å². The number of fused-ring (bicyclic) bond motifs is 1. The van der Waals surface area contributed by atoms with Gasteiger partial charge in [0.15, 0.2) is 5.65 Å². The number of aromatic hydroxyl groups is 1. The van der Waals surface area contributed by atoms with Gasteiger partial charge in [-0.15, -0.1) is 0 Å². The molecule has 8 heteroatoms. The van der Waals surface area contributed by atoms with Crippen molar-refractivity contribution in [3.63, 3.8) is 0 Å². The molecule has 1 aliphatic heterocycles. The zero-order valence-corrected chi connectivity index (χ0v) is 20.0. The molecule has 1 saturated heterocycles. The number of hydrogen-bond donors (Lipinski definition) is 3. The third kappa shape index (κ3) is 4.39. The quantitative estimate of drug-likeness (QED) is 0.378. The molecule has 3 heterocycles. The fourth-order valence-corrected chi connectivity index (χ4v) is 4.82. The van der Waals surface area contributed by atoms with E-state index in [2.05, 4.69) is 15.3 Å². The first kappa shape index (κ1) is 22.7. The molecule has 0 saturated carbocycles. The highest BCUT2D eigenvalue weighted by atomic mass is 16.3. The van der Waals surface area contributed by atoms with Gasteiger partial charge in [-0.2, -0.15) is 4.52 Å². The molecule has 180 valence electrons. The smallest absolute Gasteiger partial charge is 0.276 e. The molecule has 0 atom stereocenters. The minimum atomic E-state index is -0.276. The largest absolute Gasteiger partial charge is 0.506 e. The van der Waals surface area contributed by atoms with Crippen LogP contribution in [0.1, 0.15) is 43.0 Å². The number of anilines is 2. The highest BCUT2D eigenvalue weighted by Crippen LogP contribution is 2.35. The molecule has 3 N–H and O–H groups in total. The third-order valence-corrected chi connectivity index (χ3v) is 6.54. The van der Waals surface area contributed by atoms with E-state index in [0.29, 0.717) is 29.0 Å². The molecular formula is C27H29N5O3. The van der Waals surface area contributed by atoms with E-state index >= 15 is 0 Å².